The van der Waals surface area contributed by atoms with Crippen LogP contribution >= 0.6 is 0 Å². The molecule has 0 spiro atoms. The minimum atomic E-state index is -0.278. The number of anilines is 2. The molecular formula is C12H20N4O. The van der Waals surface area contributed by atoms with Crippen molar-refractivity contribution in [3.05, 3.63) is 16.7 Å². The number of nitrogens with zero attached hydrogens (tertiary/aromatic N) is 1. The molecule has 0 bridgehead atoms. The van der Waals surface area contributed by atoms with Crippen molar-refractivity contribution in [2.24, 2.45) is 5.41 Å². The lowest BCUT2D eigenvalue weighted by atomic mass is 9.83. The molecule has 17 heavy (non-hydrogen) atoms. The predicted molar refractivity (Wildman–Crippen MR) is 69.0 cm³/mol. The van der Waals surface area contributed by atoms with Crippen LogP contribution in [0.25, 0.3) is 0 Å². The topological polar surface area (TPSA) is 83.8 Å². The third-order valence-electron chi connectivity index (χ3n) is 3.93. The summed E-state index contributed by atoms with van der Waals surface area (Å²) in [4.78, 5) is 17.9. The van der Waals surface area contributed by atoms with Gasteiger partial charge in [0.15, 0.2) is 5.82 Å². The SMILES string of the molecule is CCC1(CNc2nc[nH]c(=O)c2N)CCCC1. The van der Waals surface area contributed by atoms with Crippen LogP contribution in [0.2, 0.25) is 0 Å². The lowest BCUT2D eigenvalue weighted by Crippen LogP contribution is -2.27. The average Bonchev–Trinajstić information content (AvgIpc) is 2.81. The van der Waals surface area contributed by atoms with E-state index < -0.39 is 0 Å². The highest BCUT2D eigenvalue weighted by Gasteiger charge is 2.31. The van der Waals surface area contributed by atoms with E-state index in [0.29, 0.717) is 11.2 Å². The van der Waals surface area contributed by atoms with Crippen LogP contribution in [0.15, 0.2) is 11.1 Å². The molecule has 5 heteroatoms. The third kappa shape index (κ3) is 2.43. The molecular weight excluding hydrogens is 216 g/mol. The Bertz CT molecular complexity index is 434. The number of hydrogen-bond acceptors (Lipinski definition) is 4. The average molecular weight is 236 g/mol. The first-order chi connectivity index (χ1) is 8.17. The van der Waals surface area contributed by atoms with Gasteiger partial charge in [0, 0.05) is 6.54 Å². The Hall–Kier alpha value is -1.52. The highest BCUT2D eigenvalue weighted by molar-refractivity contribution is 5.58. The molecule has 1 aromatic heterocycles. The second kappa shape index (κ2) is 4.77. The molecule has 0 aliphatic heterocycles. The van der Waals surface area contributed by atoms with Crippen molar-refractivity contribution in [1.82, 2.24) is 9.97 Å². The highest BCUT2D eigenvalue weighted by atomic mass is 16.1. The van der Waals surface area contributed by atoms with E-state index in [9.17, 15) is 4.79 Å². The van der Waals surface area contributed by atoms with Crippen molar-refractivity contribution < 1.29 is 0 Å². The standard InChI is InChI=1S/C12H20N4O/c1-2-12(5-3-4-6-12)7-14-10-9(13)11(17)16-8-15-10/h8H,2-7,13H2,1H3,(H2,14,15,16,17). The van der Waals surface area contributed by atoms with Crippen LogP contribution in [0.5, 0.6) is 0 Å². The van der Waals surface area contributed by atoms with Gasteiger partial charge in [0.05, 0.1) is 6.33 Å². The summed E-state index contributed by atoms with van der Waals surface area (Å²) < 4.78 is 0. The van der Waals surface area contributed by atoms with Gasteiger partial charge in [-0.15, -0.1) is 0 Å². The quantitative estimate of drug-likeness (QED) is 0.743. The number of nitrogens with two attached hydrogens (primary N) is 1. The number of hydrogen-bond donors (Lipinski definition) is 3. The molecule has 0 radical (unpaired) electrons. The van der Waals surface area contributed by atoms with E-state index in [4.69, 9.17) is 5.73 Å². The van der Waals surface area contributed by atoms with Crippen LogP contribution in [0.4, 0.5) is 11.5 Å². The third-order valence-corrected chi connectivity index (χ3v) is 3.93. The molecule has 0 saturated heterocycles. The van der Waals surface area contributed by atoms with Crippen molar-refractivity contribution in [2.75, 3.05) is 17.6 Å². The molecule has 1 fully saturated rings. The van der Waals surface area contributed by atoms with Crippen LogP contribution in [-0.4, -0.2) is 16.5 Å². The summed E-state index contributed by atoms with van der Waals surface area (Å²) in [6.45, 7) is 3.08. The molecule has 0 unspecified atom stereocenters. The van der Waals surface area contributed by atoms with Crippen molar-refractivity contribution in [2.45, 2.75) is 39.0 Å². The van der Waals surface area contributed by atoms with Crippen LogP contribution in [0, 0.1) is 5.41 Å². The molecule has 5 nitrogen and oxygen atoms in total. The molecule has 0 amide bonds. The fraction of sp³-hybridized carbons (Fsp3) is 0.667. The van der Waals surface area contributed by atoms with Crippen molar-refractivity contribution in [3.63, 3.8) is 0 Å². The molecule has 0 aromatic carbocycles. The summed E-state index contributed by atoms with van der Waals surface area (Å²) in [5.74, 6) is 0.508. The fourth-order valence-electron chi connectivity index (χ4n) is 2.60. The molecule has 1 aliphatic carbocycles. The Morgan fingerprint density at radius 1 is 1.53 bits per heavy atom. The summed E-state index contributed by atoms with van der Waals surface area (Å²) in [7, 11) is 0. The maximum absolute atomic E-state index is 11.3. The van der Waals surface area contributed by atoms with E-state index in [0.717, 1.165) is 13.0 Å². The number of nitrogens with one attached hydrogen (secondary N) is 2. The largest absolute Gasteiger partial charge is 0.391 e. The van der Waals surface area contributed by atoms with Gasteiger partial charge < -0.3 is 16.0 Å². The Balaban J connectivity index is 2.06. The summed E-state index contributed by atoms with van der Waals surface area (Å²) in [6.07, 6.45) is 7.64. The Labute approximate surface area is 101 Å². The van der Waals surface area contributed by atoms with Gasteiger partial charge in [-0.3, -0.25) is 4.79 Å². The second-order valence-corrected chi connectivity index (χ2v) is 4.91. The second-order valence-electron chi connectivity index (χ2n) is 4.91. The number of nitrogen functional groups attached to an aromatic ring is 1. The molecule has 2 rings (SSSR count). The molecule has 1 saturated carbocycles. The fourth-order valence-corrected chi connectivity index (χ4v) is 2.60. The zero-order valence-electron chi connectivity index (χ0n) is 10.3. The van der Waals surface area contributed by atoms with Crippen LogP contribution in [0.1, 0.15) is 39.0 Å². The van der Waals surface area contributed by atoms with Gasteiger partial charge in [0.2, 0.25) is 0 Å². The highest BCUT2D eigenvalue weighted by Crippen LogP contribution is 2.40. The zero-order chi connectivity index (χ0) is 12.3. The van der Waals surface area contributed by atoms with Crippen LogP contribution in [-0.2, 0) is 0 Å². The molecule has 1 aromatic rings. The van der Waals surface area contributed by atoms with Crippen molar-refractivity contribution in [3.8, 4) is 0 Å². The van der Waals surface area contributed by atoms with Gasteiger partial charge in [-0.1, -0.05) is 19.8 Å². The van der Waals surface area contributed by atoms with E-state index in [1.807, 2.05) is 0 Å². The van der Waals surface area contributed by atoms with E-state index in [2.05, 4.69) is 22.2 Å². The van der Waals surface area contributed by atoms with E-state index >= 15 is 0 Å². The van der Waals surface area contributed by atoms with Gasteiger partial charge in [0.25, 0.3) is 5.56 Å². The van der Waals surface area contributed by atoms with E-state index in [1.54, 1.807) is 0 Å². The first-order valence-electron chi connectivity index (χ1n) is 6.24. The van der Waals surface area contributed by atoms with Crippen LogP contribution < -0.4 is 16.6 Å². The molecule has 0 atom stereocenters. The number of aromatic amines is 1. The molecule has 1 aliphatic rings. The Morgan fingerprint density at radius 2 is 2.24 bits per heavy atom. The summed E-state index contributed by atoms with van der Waals surface area (Å²) >= 11 is 0. The van der Waals surface area contributed by atoms with Crippen molar-refractivity contribution >= 4 is 11.5 Å². The zero-order valence-corrected chi connectivity index (χ0v) is 10.3. The maximum Gasteiger partial charge on any atom is 0.276 e. The molecule has 1 heterocycles. The summed E-state index contributed by atoms with van der Waals surface area (Å²) in [5, 5.41) is 3.23. The van der Waals surface area contributed by atoms with E-state index in [-0.39, 0.29) is 11.2 Å². The van der Waals surface area contributed by atoms with Crippen molar-refractivity contribution in [1.29, 1.82) is 0 Å². The Morgan fingerprint density at radius 3 is 2.88 bits per heavy atom. The van der Waals surface area contributed by atoms with Gasteiger partial charge >= 0.3 is 0 Å². The summed E-state index contributed by atoms with van der Waals surface area (Å²) in [5.41, 5.74) is 5.94. The number of aromatic nitrogens is 2. The Kier molecular flexibility index (Phi) is 3.36. The first kappa shape index (κ1) is 12.0. The lowest BCUT2D eigenvalue weighted by Gasteiger charge is -2.28. The normalized spacial score (nSPS) is 18.2. The number of rotatable bonds is 4. The van der Waals surface area contributed by atoms with Gasteiger partial charge in [-0.2, -0.15) is 0 Å². The maximum atomic E-state index is 11.3. The van der Waals surface area contributed by atoms with Gasteiger partial charge in [0.1, 0.15) is 5.69 Å². The van der Waals surface area contributed by atoms with Gasteiger partial charge in [-0.25, -0.2) is 4.98 Å². The van der Waals surface area contributed by atoms with E-state index in [1.165, 1.54) is 32.0 Å². The smallest absolute Gasteiger partial charge is 0.276 e. The predicted octanol–water partition coefficient (Wildman–Crippen LogP) is 1.73. The summed E-state index contributed by atoms with van der Waals surface area (Å²) in [6, 6.07) is 0. The first-order valence-corrected chi connectivity index (χ1v) is 6.24. The minimum Gasteiger partial charge on any atom is -0.391 e. The monoisotopic (exact) mass is 236 g/mol. The molecule has 4 N–H and O–H groups in total. The molecule has 94 valence electrons. The number of H-pyrrole nitrogens is 1. The lowest BCUT2D eigenvalue weighted by molar-refractivity contribution is 0.306. The van der Waals surface area contributed by atoms with Gasteiger partial charge in [-0.05, 0) is 24.7 Å². The van der Waals surface area contributed by atoms with Crippen LogP contribution in [0.3, 0.4) is 0 Å². The minimum absolute atomic E-state index is 0.178.